The Hall–Kier alpha value is -2.15. The second-order valence-electron chi connectivity index (χ2n) is 7.73. The smallest absolute Gasteiger partial charge is 0.226 e. The molecule has 1 N–H and O–H groups in total. The number of nitrogens with one attached hydrogen (secondary N) is 1. The van der Waals surface area contributed by atoms with Crippen LogP contribution in [0.5, 0.6) is 0 Å². The van der Waals surface area contributed by atoms with Crippen LogP contribution in [0.1, 0.15) is 49.3 Å². The Labute approximate surface area is 154 Å². The molecule has 3 heterocycles. The van der Waals surface area contributed by atoms with Gasteiger partial charge in [-0.05, 0) is 25.7 Å². The number of carbonyl (C=O) groups is 1. The monoisotopic (exact) mass is 356 g/mol. The van der Waals surface area contributed by atoms with Crippen molar-refractivity contribution >= 4 is 5.91 Å². The number of rotatable bonds is 6. The van der Waals surface area contributed by atoms with Gasteiger partial charge in [-0.1, -0.05) is 6.42 Å². The molecule has 7 nitrogen and oxygen atoms in total. The van der Waals surface area contributed by atoms with Crippen molar-refractivity contribution in [3.8, 4) is 0 Å². The number of imidazole rings is 1. The second-order valence-corrected chi connectivity index (χ2v) is 7.73. The molecular formula is C19H28N6O. The summed E-state index contributed by atoms with van der Waals surface area (Å²) in [6.07, 6.45) is 10.2. The Kier molecular flexibility index (Phi) is 4.80. The molecule has 140 valence electrons. The van der Waals surface area contributed by atoms with E-state index in [1.165, 1.54) is 24.8 Å². The van der Waals surface area contributed by atoms with E-state index in [0.29, 0.717) is 12.3 Å². The van der Waals surface area contributed by atoms with Gasteiger partial charge in [0.1, 0.15) is 5.82 Å². The maximum absolute atomic E-state index is 12.2. The number of hydrogen-bond donors (Lipinski definition) is 1. The van der Waals surface area contributed by atoms with Crippen molar-refractivity contribution < 1.29 is 4.79 Å². The van der Waals surface area contributed by atoms with Gasteiger partial charge in [-0.25, -0.2) is 4.98 Å². The van der Waals surface area contributed by atoms with Crippen LogP contribution in [0, 0.1) is 5.92 Å². The molecule has 2 aliphatic rings. The molecule has 0 saturated heterocycles. The molecule has 1 fully saturated rings. The summed E-state index contributed by atoms with van der Waals surface area (Å²) in [6.45, 7) is 5.78. The largest absolute Gasteiger partial charge is 0.355 e. The Morgan fingerprint density at radius 2 is 2.15 bits per heavy atom. The standard InChI is InChI=1S/C19H28N6O/c1-14-19-22-17(8-18(26)20-9-15-4-3-5-15)13-25(19)7-6-24(14)12-16-10-21-23(2)11-16/h10-11,13-15H,3-9,12H2,1-2H3,(H,20,26)/t14-/m1/s1. The van der Waals surface area contributed by atoms with Crippen LogP contribution in [0.4, 0.5) is 0 Å². The summed E-state index contributed by atoms with van der Waals surface area (Å²) < 4.78 is 4.05. The lowest BCUT2D eigenvalue weighted by Crippen LogP contribution is -2.36. The molecule has 0 spiro atoms. The van der Waals surface area contributed by atoms with Crippen molar-refractivity contribution in [1.29, 1.82) is 0 Å². The zero-order chi connectivity index (χ0) is 18.1. The summed E-state index contributed by atoms with van der Waals surface area (Å²) in [7, 11) is 1.94. The van der Waals surface area contributed by atoms with E-state index in [1.807, 2.05) is 17.9 Å². The molecule has 4 rings (SSSR count). The van der Waals surface area contributed by atoms with E-state index in [9.17, 15) is 4.79 Å². The van der Waals surface area contributed by atoms with Crippen LogP contribution in [-0.4, -0.2) is 43.2 Å². The van der Waals surface area contributed by atoms with Crippen LogP contribution in [0.25, 0.3) is 0 Å². The molecule has 1 aliphatic heterocycles. The summed E-state index contributed by atoms with van der Waals surface area (Å²) in [6, 6.07) is 0.232. The molecule has 1 saturated carbocycles. The molecule has 7 heteroatoms. The summed E-state index contributed by atoms with van der Waals surface area (Å²) >= 11 is 0. The first kappa shape index (κ1) is 17.3. The Balaban J connectivity index is 1.36. The highest BCUT2D eigenvalue weighted by atomic mass is 16.1. The molecule has 0 unspecified atom stereocenters. The summed E-state index contributed by atoms with van der Waals surface area (Å²) in [5, 5.41) is 7.31. The highest BCUT2D eigenvalue weighted by molar-refractivity contribution is 5.78. The maximum Gasteiger partial charge on any atom is 0.226 e. The Bertz CT molecular complexity index is 775. The lowest BCUT2D eigenvalue weighted by atomic mass is 9.85. The highest BCUT2D eigenvalue weighted by Gasteiger charge is 2.27. The van der Waals surface area contributed by atoms with E-state index in [0.717, 1.165) is 37.7 Å². The van der Waals surface area contributed by atoms with Crippen molar-refractivity contribution in [2.75, 3.05) is 13.1 Å². The lowest BCUT2D eigenvalue weighted by Gasteiger charge is -2.33. The van der Waals surface area contributed by atoms with E-state index in [1.54, 1.807) is 0 Å². The molecule has 2 aromatic rings. The van der Waals surface area contributed by atoms with Crippen molar-refractivity contribution in [3.63, 3.8) is 0 Å². The normalized spacial score (nSPS) is 20.6. The summed E-state index contributed by atoms with van der Waals surface area (Å²) in [5.41, 5.74) is 2.09. The SMILES string of the molecule is C[C@@H]1c2nc(CC(=O)NCC3CCC3)cn2CCN1Cc1cnn(C)c1. The summed E-state index contributed by atoms with van der Waals surface area (Å²) in [5.74, 6) is 1.84. The Morgan fingerprint density at radius 3 is 2.85 bits per heavy atom. The van der Waals surface area contributed by atoms with Crippen LogP contribution in [0.3, 0.4) is 0 Å². The first-order valence-corrected chi connectivity index (χ1v) is 9.62. The van der Waals surface area contributed by atoms with E-state index in [4.69, 9.17) is 4.98 Å². The van der Waals surface area contributed by atoms with Gasteiger partial charge < -0.3 is 9.88 Å². The summed E-state index contributed by atoms with van der Waals surface area (Å²) in [4.78, 5) is 19.4. The second kappa shape index (κ2) is 7.23. The zero-order valence-electron chi connectivity index (χ0n) is 15.7. The number of fused-ring (bicyclic) bond motifs is 1. The topological polar surface area (TPSA) is 68.0 Å². The molecule has 0 aromatic carbocycles. The van der Waals surface area contributed by atoms with E-state index in [2.05, 4.69) is 39.2 Å². The van der Waals surface area contributed by atoms with Gasteiger partial charge in [0.25, 0.3) is 0 Å². The van der Waals surface area contributed by atoms with E-state index in [-0.39, 0.29) is 11.9 Å². The quantitative estimate of drug-likeness (QED) is 0.855. The number of amides is 1. The first-order chi connectivity index (χ1) is 12.6. The zero-order valence-corrected chi connectivity index (χ0v) is 15.7. The minimum atomic E-state index is 0.0900. The van der Waals surface area contributed by atoms with Crippen molar-refractivity contribution in [2.24, 2.45) is 13.0 Å². The van der Waals surface area contributed by atoms with Gasteiger partial charge in [-0.3, -0.25) is 14.4 Å². The van der Waals surface area contributed by atoms with Gasteiger partial charge in [-0.2, -0.15) is 5.10 Å². The third-order valence-electron chi connectivity index (χ3n) is 5.71. The Morgan fingerprint density at radius 1 is 1.31 bits per heavy atom. The fourth-order valence-electron chi connectivity index (χ4n) is 3.86. The van der Waals surface area contributed by atoms with Crippen molar-refractivity contribution in [2.45, 2.75) is 51.7 Å². The van der Waals surface area contributed by atoms with Gasteiger partial charge in [0, 0.05) is 51.2 Å². The average molecular weight is 356 g/mol. The fraction of sp³-hybridized carbons (Fsp3) is 0.632. The van der Waals surface area contributed by atoms with E-state index >= 15 is 0 Å². The molecule has 26 heavy (non-hydrogen) atoms. The van der Waals surface area contributed by atoms with Gasteiger partial charge in [0.05, 0.1) is 24.4 Å². The molecule has 1 aliphatic carbocycles. The van der Waals surface area contributed by atoms with Crippen LogP contribution >= 0.6 is 0 Å². The van der Waals surface area contributed by atoms with Crippen LogP contribution in [0.15, 0.2) is 18.6 Å². The average Bonchev–Trinajstić information content (AvgIpc) is 3.15. The lowest BCUT2D eigenvalue weighted by molar-refractivity contribution is -0.120. The number of carbonyl (C=O) groups excluding carboxylic acids is 1. The predicted octanol–water partition coefficient (Wildman–Crippen LogP) is 1.65. The molecule has 0 bridgehead atoms. The number of nitrogens with zero attached hydrogens (tertiary/aromatic N) is 5. The first-order valence-electron chi connectivity index (χ1n) is 9.62. The number of aromatic nitrogens is 4. The fourth-order valence-corrected chi connectivity index (χ4v) is 3.86. The van der Waals surface area contributed by atoms with Crippen LogP contribution in [-0.2, 0) is 31.4 Å². The van der Waals surface area contributed by atoms with Gasteiger partial charge >= 0.3 is 0 Å². The highest BCUT2D eigenvalue weighted by Crippen LogP contribution is 2.27. The molecule has 1 amide bonds. The van der Waals surface area contributed by atoms with Gasteiger partial charge in [0.2, 0.25) is 5.91 Å². The van der Waals surface area contributed by atoms with Crippen LogP contribution < -0.4 is 5.32 Å². The number of aryl methyl sites for hydroxylation is 1. The number of hydrogen-bond acceptors (Lipinski definition) is 4. The maximum atomic E-state index is 12.2. The van der Waals surface area contributed by atoms with Gasteiger partial charge in [0.15, 0.2) is 0 Å². The third-order valence-corrected chi connectivity index (χ3v) is 5.71. The molecule has 1 atom stereocenters. The molecule has 2 aromatic heterocycles. The predicted molar refractivity (Wildman–Crippen MR) is 98.3 cm³/mol. The van der Waals surface area contributed by atoms with Gasteiger partial charge in [-0.15, -0.1) is 0 Å². The van der Waals surface area contributed by atoms with E-state index < -0.39 is 0 Å². The van der Waals surface area contributed by atoms with Crippen LogP contribution in [0.2, 0.25) is 0 Å². The van der Waals surface area contributed by atoms with Crippen molar-refractivity contribution in [1.82, 2.24) is 29.5 Å². The third kappa shape index (κ3) is 3.67. The minimum Gasteiger partial charge on any atom is -0.355 e. The van der Waals surface area contributed by atoms with Crippen molar-refractivity contribution in [3.05, 3.63) is 35.7 Å². The minimum absolute atomic E-state index is 0.0900. The molecule has 0 radical (unpaired) electrons. The molecular weight excluding hydrogens is 328 g/mol.